The summed E-state index contributed by atoms with van der Waals surface area (Å²) in [5, 5.41) is 1.55. The number of para-hydroxylation sites is 1. The summed E-state index contributed by atoms with van der Waals surface area (Å²) in [6.07, 6.45) is 1.71. The molecule has 0 radical (unpaired) electrons. The van der Waals surface area contributed by atoms with Crippen molar-refractivity contribution in [1.82, 2.24) is 14.5 Å². The Hall–Kier alpha value is -3.18. The first-order valence-corrected chi connectivity index (χ1v) is 9.01. The molecule has 0 saturated heterocycles. The molecular formula is C21H15ClN4O. The quantitative estimate of drug-likeness (QED) is 0.522. The number of hydrogen-bond donors (Lipinski definition) is 0. The first-order valence-electron chi connectivity index (χ1n) is 8.63. The second-order valence-electron chi connectivity index (χ2n) is 6.54. The number of anilines is 2. The van der Waals surface area contributed by atoms with Crippen LogP contribution in [0.15, 0.2) is 65.6 Å². The van der Waals surface area contributed by atoms with Crippen LogP contribution < -0.4 is 10.6 Å². The summed E-state index contributed by atoms with van der Waals surface area (Å²) in [4.78, 5) is 23.8. The number of rotatable bonds is 2. The third-order valence-corrected chi connectivity index (χ3v) is 5.11. The number of hydrogen-bond acceptors (Lipinski definition) is 4. The fourth-order valence-electron chi connectivity index (χ4n) is 3.71. The summed E-state index contributed by atoms with van der Waals surface area (Å²) < 4.78 is 1.60. The van der Waals surface area contributed by atoms with Gasteiger partial charge in [0, 0.05) is 22.3 Å². The summed E-state index contributed by atoms with van der Waals surface area (Å²) in [6, 6.07) is 17.4. The summed E-state index contributed by atoms with van der Waals surface area (Å²) in [7, 11) is 0. The molecule has 0 N–H and O–H groups in total. The third kappa shape index (κ3) is 2.43. The maximum atomic E-state index is 13.0. The van der Waals surface area contributed by atoms with Crippen LogP contribution in [0, 0.1) is 6.92 Å². The average molecular weight is 375 g/mol. The molecule has 0 saturated carbocycles. The van der Waals surface area contributed by atoms with Gasteiger partial charge in [0.25, 0.3) is 0 Å². The lowest BCUT2D eigenvalue weighted by atomic mass is 10.1. The van der Waals surface area contributed by atoms with E-state index in [0.29, 0.717) is 23.1 Å². The van der Waals surface area contributed by atoms with E-state index >= 15 is 0 Å². The van der Waals surface area contributed by atoms with Crippen LogP contribution in [-0.2, 0) is 6.54 Å². The van der Waals surface area contributed by atoms with Gasteiger partial charge in [0.15, 0.2) is 0 Å². The zero-order valence-electron chi connectivity index (χ0n) is 14.6. The van der Waals surface area contributed by atoms with Crippen LogP contribution >= 0.6 is 11.6 Å². The van der Waals surface area contributed by atoms with Crippen molar-refractivity contribution in [1.29, 1.82) is 0 Å². The molecule has 1 aliphatic heterocycles. The Kier molecular flexibility index (Phi) is 3.52. The van der Waals surface area contributed by atoms with E-state index in [2.05, 4.69) is 14.9 Å². The molecule has 132 valence electrons. The van der Waals surface area contributed by atoms with Gasteiger partial charge in [0.05, 0.1) is 23.4 Å². The van der Waals surface area contributed by atoms with E-state index < -0.39 is 0 Å². The molecule has 0 aliphatic carbocycles. The molecule has 5 rings (SSSR count). The number of aromatic nitrogens is 3. The highest BCUT2D eigenvalue weighted by Crippen LogP contribution is 2.41. The average Bonchev–Trinajstić information content (AvgIpc) is 3.02. The summed E-state index contributed by atoms with van der Waals surface area (Å²) in [5.74, 6) is 0.672. The van der Waals surface area contributed by atoms with Crippen molar-refractivity contribution in [2.24, 2.45) is 0 Å². The second-order valence-corrected chi connectivity index (χ2v) is 6.98. The lowest BCUT2D eigenvalue weighted by Gasteiger charge is -2.19. The Morgan fingerprint density at radius 3 is 2.67 bits per heavy atom. The van der Waals surface area contributed by atoms with Gasteiger partial charge in [-0.05, 0) is 48.9 Å². The number of pyridine rings is 1. The Balaban J connectivity index is 1.86. The van der Waals surface area contributed by atoms with Gasteiger partial charge in [-0.25, -0.2) is 4.79 Å². The van der Waals surface area contributed by atoms with Gasteiger partial charge in [0.2, 0.25) is 0 Å². The van der Waals surface area contributed by atoms with Crippen molar-refractivity contribution >= 4 is 34.0 Å². The van der Waals surface area contributed by atoms with Gasteiger partial charge >= 0.3 is 5.69 Å². The van der Waals surface area contributed by atoms with E-state index in [1.54, 1.807) is 10.8 Å². The van der Waals surface area contributed by atoms with E-state index in [-0.39, 0.29) is 5.69 Å². The molecule has 0 amide bonds. The molecule has 2 aromatic heterocycles. The molecule has 1 aliphatic rings. The van der Waals surface area contributed by atoms with Gasteiger partial charge in [-0.2, -0.15) is 4.98 Å². The number of nitrogens with zero attached hydrogens (tertiary/aromatic N) is 4. The Labute approximate surface area is 160 Å². The molecule has 0 unspecified atom stereocenters. The van der Waals surface area contributed by atoms with Crippen LogP contribution in [-0.4, -0.2) is 14.5 Å². The molecular weight excluding hydrogens is 360 g/mol. The Morgan fingerprint density at radius 1 is 1.07 bits per heavy atom. The number of aryl methyl sites for hydroxylation is 1. The van der Waals surface area contributed by atoms with Crippen molar-refractivity contribution in [2.75, 3.05) is 4.90 Å². The molecule has 6 heteroatoms. The minimum Gasteiger partial charge on any atom is -0.321 e. The lowest BCUT2D eigenvalue weighted by molar-refractivity contribution is 0.920. The van der Waals surface area contributed by atoms with Crippen LogP contribution in [0.2, 0.25) is 5.02 Å². The van der Waals surface area contributed by atoms with Crippen molar-refractivity contribution in [3.8, 4) is 5.69 Å². The monoisotopic (exact) mass is 374 g/mol. The smallest absolute Gasteiger partial charge is 0.321 e. The normalized spacial score (nSPS) is 12.7. The van der Waals surface area contributed by atoms with E-state index in [0.717, 1.165) is 27.8 Å². The SMILES string of the molecule is Cc1ncccc1-n1c(=O)nc2c3c(cc(Cl)cc31)CN2c1ccccc1. The molecule has 3 heterocycles. The van der Waals surface area contributed by atoms with Crippen LogP contribution in [0.1, 0.15) is 11.3 Å². The maximum Gasteiger partial charge on any atom is 0.354 e. The standard InChI is InChI=1S/C21H15ClN4O/c1-13-17(8-5-9-23-13)26-18-11-15(22)10-14-12-25(16-6-3-2-4-7-16)20(19(14)18)24-21(26)27/h2-11H,12H2,1H3. The predicted molar refractivity (Wildman–Crippen MR) is 107 cm³/mol. The minimum absolute atomic E-state index is 0.343. The van der Waals surface area contributed by atoms with Crippen molar-refractivity contribution < 1.29 is 0 Å². The topological polar surface area (TPSA) is 51.0 Å². The van der Waals surface area contributed by atoms with Crippen LogP contribution in [0.5, 0.6) is 0 Å². The molecule has 0 fully saturated rings. The molecule has 0 atom stereocenters. The first kappa shape index (κ1) is 16.0. The maximum absolute atomic E-state index is 13.0. The minimum atomic E-state index is -0.343. The van der Waals surface area contributed by atoms with Crippen LogP contribution in [0.25, 0.3) is 16.6 Å². The van der Waals surface area contributed by atoms with E-state index in [1.807, 2.05) is 61.5 Å². The van der Waals surface area contributed by atoms with E-state index in [9.17, 15) is 4.79 Å². The Morgan fingerprint density at radius 2 is 1.89 bits per heavy atom. The second kappa shape index (κ2) is 5.93. The van der Waals surface area contributed by atoms with E-state index in [1.165, 1.54) is 0 Å². The highest BCUT2D eigenvalue weighted by Gasteiger charge is 2.28. The fourth-order valence-corrected chi connectivity index (χ4v) is 3.95. The Bertz CT molecular complexity index is 1250. The zero-order valence-corrected chi connectivity index (χ0v) is 15.3. The van der Waals surface area contributed by atoms with Crippen molar-refractivity contribution in [3.63, 3.8) is 0 Å². The van der Waals surface area contributed by atoms with Crippen molar-refractivity contribution in [3.05, 3.63) is 87.6 Å². The summed E-state index contributed by atoms with van der Waals surface area (Å²) in [5.41, 5.74) is 3.93. The van der Waals surface area contributed by atoms with Crippen LogP contribution in [0.3, 0.4) is 0 Å². The van der Waals surface area contributed by atoms with Crippen LogP contribution in [0.4, 0.5) is 11.5 Å². The van der Waals surface area contributed by atoms with Crippen molar-refractivity contribution in [2.45, 2.75) is 13.5 Å². The lowest BCUT2D eigenvalue weighted by Crippen LogP contribution is -2.25. The molecule has 2 aromatic carbocycles. The van der Waals surface area contributed by atoms with Gasteiger partial charge in [-0.3, -0.25) is 9.55 Å². The fraction of sp³-hybridized carbons (Fsp3) is 0.0952. The molecule has 27 heavy (non-hydrogen) atoms. The predicted octanol–water partition coefficient (Wildman–Crippen LogP) is 4.39. The summed E-state index contributed by atoms with van der Waals surface area (Å²) in [6.45, 7) is 2.50. The molecule has 5 nitrogen and oxygen atoms in total. The van der Waals surface area contributed by atoms with Gasteiger partial charge < -0.3 is 4.90 Å². The molecule has 4 aromatic rings. The van der Waals surface area contributed by atoms with E-state index in [4.69, 9.17) is 11.6 Å². The largest absolute Gasteiger partial charge is 0.354 e. The number of benzene rings is 2. The number of halogens is 1. The zero-order chi connectivity index (χ0) is 18.5. The highest BCUT2D eigenvalue weighted by atomic mass is 35.5. The third-order valence-electron chi connectivity index (χ3n) is 4.89. The van der Waals surface area contributed by atoms with Gasteiger partial charge in [0.1, 0.15) is 5.82 Å². The molecule has 0 spiro atoms. The molecule has 0 bridgehead atoms. The van der Waals surface area contributed by atoms with Gasteiger partial charge in [-0.1, -0.05) is 29.8 Å². The first-order chi connectivity index (χ1) is 13.1. The summed E-state index contributed by atoms with van der Waals surface area (Å²) >= 11 is 6.40. The highest BCUT2D eigenvalue weighted by molar-refractivity contribution is 6.31. The van der Waals surface area contributed by atoms with Gasteiger partial charge in [-0.15, -0.1) is 0 Å².